The van der Waals surface area contributed by atoms with Gasteiger partial charge in [-0.2, -0.15) is 5.26 Å². The van der Waals surface area contributed by atoms with Crippen LogP contribution in [0, 0.1) is 17.2 Å². The number of nitrogens with zero attached hydrogens (tertiary/aromatic N) is 3. The van der Waals surface area contributed by atoms with E-state index in [9.17, 15) is 4.79 Å². The Labute approximate surface area is 158 Å². The fourth-order valence-electron chi connectivity index (χ4n) is 4.13. The molecular weight excluding hydrogens is 340 g/mol. The van der Waals surface area contributed by atoms with Gasteiger partial charge in [0.2, 0.25) is 0 Å². The first-order valence-corrected chi connectivity index (χ1v) is 9.32. The molecule has 1 aromatic carbocycles. The molecule has 0 unspecified atom stereocenters. The van der Waals surface area contributed by atoms with Crippen molar-refractivity contribution in [1.29, 1.82) is 5.26 Å². The minimum atomic E-state index is -0.0414. The first kappa shape index (κ1) is 17.5. The van der Waals surface area contributed by atoms with E-state index in [1.807, 2.05) is 6.07 Å². The van der Waals surface area contributed by atoms with Crippen molar-refractivity contribution < 1.29 is 9.53 Å². The molecule has 2 atom stereocenters. The third-order valence-electron chi connectivity index (χ3n) is 5.67. The van der Waals surface area contributed by atoms with Gasteiger partial charge in [-0.15, -0.1) is 0 Å². The summed E-state index contributed by atoms with van der Waals surface area (Å²) in [4.78, 5) is 19.1. The highest BCUT2D eigenvalue weighted by Gasteiger charge is 2.40. The number of nitrogens with one attached hydrogen (secondary N) is 1. The van der Waals surface area contributed by atoms with Crippen LogP contribution in [0.15, 0.2) is 42.7 Å². The molecule has 3 aliphatic rings. The third kappa shape index (κ3) is 3.64. The van der Waals surface area contributed by atoms with Gasteiger partial charge in [-0.05, 0) is 63.0 Å². The molecule has 6 nitrogen and oxygen atoms in total. The molecule has 0 saturated carbocycles. The number of nitriles is 1. The zero-order chi connectivity index (χ0) is 18.8. The molecule has 0 radical (unpaired) electrons. The number of fused-ring (bicyclic) bond motifs is 3. The van der Waals surface area contributed by atoms with Crippen LogP contribution in [-0.4, -0.2) is 41.0 Å². The topological polar surface area (TPSA) is 78.2 Å². The number of carbonyl (C=O) groups is 1. The molecule has 1 N–H and O–H groups in total. The lowest BCUT2D eigenvalue weighted by Crippen LogP contribution is -2.62. The highest BCUT2D eigenvalue weighted by molar-refractivity contribution is 5.94. The maximum Gasteiger partial charge on any atom is 0.251 e. The quantitative estimate of drug-likeness (QED) is 0.905. The number of piperidine rings is 3. The molecule has 3 fully saturated rings. The monoisotopic (exact) mass is 362 g/mol. The van der Waals surface area contributed by atoms with E-state index in [0.29, 0.717) is 34.6 Å². The van der Waals surface area contributed by atoms with E-state index in [4.69, 9.17) is 10.00 Å². The smallest absolute Gasteiger partial charge is 0.251 e. The fourth-order valence-corrected chi connectivity index (χ4v) is 4.13. The van der Waals surface area contributed by atoms with Crippen molar-refractivity contribution in [3.63, 3.8) is 0 Å². The van der Waals surface area contributed by atoms with Crippen LogP contribution in [0.25, 0.3) is 0 Å². The number of hydrogen-bond donors (Lipinski definition) is 1. The van der Waals surface area contributed by atoms with Crippen LogP contribution < -0.4 is 10.1 Å². The molecular formula is C21H22N4O2. The van der Waals surface area contributed by atoms with Gasteiger partial charge >= 0.3 is 0 Å². The van der Waals surface area contributed by atoms with E-state index in [2.05, 4.69) is 22.1 Å². The second-order valence-electron chi connectivity index (χ2n) is 7.26. The number of ether oxygens (including phenoxy) is 1. The van der Waals surface area contributed by atoms with E-state index in [0.717, 1.165) is 25.9 Å². The summed E-state index contributed by atoms with van der Waals surface area (Å²) in [7, 11) is 0. The van der Waals surface area contributed by atoms with Crippen molar-refractivity contribution in [1.82, 2.24) is 15.2 Å². The van der Waals surface area contributed by atoms with Crippen molar-refractivity contribution in [2.24, 2.45) is 5.92 Å². The number of amides is 1. The largest absolute Gasteiger partial charge is 0.456 e. The Bertz CT molecular complexity index is 864. The van der Waals surface area contributed by atoms with Crippen molar-refractivity contribution in [2.45, 2.75) is 31.8 Å². The molecule has 2 bridgehead atoms. The second-order valence-corrected chi connectivity index (χ2v) is 7.26. The highest BCUT2D eigenvalue weighted by atomic mass is 16.5. The fraction of sp³-hybridized carbons (Fsp3) is 0.381. The van der Waals surface area contributed by atoms with Crippen molar-refractivity contribution >= 4 is 5.91 Å². The summed E-state index contributed by atoms with van der Waals surface area (Å²) in [6, 6.07) is 11.3. The first-order valence-electron chi connectivity index (χ1n) is 9.32. The summed E-state index contributed by atoms with van der Waals surface area (Å²) < 4.78 is 5.71. The normalized spacial score (nSPS) is 26.2. The van der Waals surface area contributed by atoms with E-state index in [1.165, 1.54) is 6.20 Å². The van der Waals surface area contributed by atoms with Gasteiger partial charge in [0.15, 0.2) is 0 Å². The molecule has 0 spiro atoms. The van der Waals surface area contributed by atoms with E-state index in [-0.39, 0.29) is 11.9 Å². The molecule has 1 aromatic heterocycles. The number of benzene rings is 1. The van der Waals surface area contributed by atoms with Crippen LogP contribution in [-0.2, 0) is 0 Å². The molecule has 4 heterocycles. The SMILES string of the molecule is C[C@H]1[C@H](NC(=O)c2ccc(Oc3cncc(C#N)c3)cc2)C2CCN1CC2. The number of pyridine rings is 1. The van der Waals surface area contributed by atoms with Gasteiger partial charge in [0, 0.05) is 29.9 Å². The van der Waals surface area contributed by atoms with Gasteiger partial charge in [0.25, 0.3) is 5.91 Å². The maximum atomic E-state index is 12.7. The minimum Gasteiger partial charge on any atom is -0.456 e. The number of hydrogen-bond acceptors (Lipinski definition) is 5. The Hall–Kier alpha value is -2.91. The van der Waals surface area contributed by atoms with Crippen LogP contribution in [0.4, 0.5) is 0 Å². The van der Waals surface area contributed by atoms with Crippen LogP contribution in [0.1, 0.15) is 35.7 Å². The number of aromatic nitrogens is 1. The molecule has 3 aliphatic heterocycles. The van der Waals surface area contributed by atoms with Crippen molar-refractivity contribution in [2.75, 3.05) is 13.1 Å². The molecule has 2 aromatic rings. The summed E-state index contributed by atoms with van der Waals surface area (Å²) in [6.45, 7) is 4.49. The van der Waals surface area contributed by atoms with E-state index >= 15 is 0 Å². The third-order valence-corrected chi connectivity index (χ3v) is 5.67. The summed E-state index contributed by atoms with van der Waals surface area (Å²) in [5.41, 5.74) is 1.06. The lowest BCUT2D eigenvalue weighted by molar-refractivity contribution is 0.0217. The van der Waals surface area contributed by atoms with Gasteiger partial charge in [-0.3, -0.25) is 14.7 Å². The summed E-state index contributed by atoms with van der Waals surface area (Å²) in [5.74, 6) is 1.63. The zero-order valence-corrected chi connectivity index (χ0v) is 15.3. The van der Waals surface area contributed by atoms with Gasteiger partial charge in [-0.1, -0.05) is 0 Å². The van der Waals surface area contributed by atoms with Crippen molar-refractivity contribution in [3.05, 3.63) is 53.9 Å². The Morgan fingerprint density at radius 3 is 2.63 bits per heavy atom. The van der Waals surface area contributed by atoms with Gasteiger partial charge in [0.1, 0.15) is 17.6 Å². The maximum absolute atomic E-state index is 12.7. The van der Waals surface area contributed by atoms with E-state index in [1.54, 1.807) is 36.5 Å². The number of carbonyl (C=O) groups excluding carboxylic acids is 1. The Balaban J connectivity index is 1.41. The van der Waals surface area contributed by atoms with Crippen LogP contribution >= 0.6 is 0 Å². The van der Waals surface area contributed by atoms with Gasteiger partial charge in [-0.25, -0.2) is 0 Å². The molecule has 27 heavy (non-hydrogen) atoms. The Kier molecular flexibility index (Phi) is 4.78. The molecule has 5 rings (SSSR count). The zero-order valence-electron chi connectivity index (χ0n) is 15.3. The van der Waals surface area contributed by atoms with Crippen molar-refractivity contribution in [3.8, 4) is 17.6 Å². The Morgan fingerprint density at radius 2 is 1.96 bits per heavy atom. The lowest BCUT2D eigenvalue weighted by Gasteiger charge is -2.49. The molecule has 3 saturated heterocycles. The minimum absolute atomic E-state index is 0.0414. The van der Waals surface area contributed by atoms with E-state index < -0.39 is 0 Å². The molecule has 1 amide bonds. The first-order chi connectivity index (χ1) is 13.1. The molecule has 0 aliphatic carbocycles. The second kappa shape index (κ2) is 7.37. The highest BCUT2D eigenvalue weighted by Crippen LogP contribution is 2.32. The van der Waals surface area contributed by atoms with Crippen LogP contribution in [0.3, 0.4) is 0 Å². The average molecular weight is 362 g/mol. The summed E-state index contributed by atoms with van der Waals surface area (Å²) >= 11 is 0. The average Bonchev–Trinajstić information content (AvgIpc) is 2.71. The van der Waals surface area contributed by atoms with Crippen LogP contribution in [0.2, 0.25) is 0 Å². The molecule has 6 heteroatoms. The van der Waals surface area contributed by atoms with Crippen LogP contribution in [0.5, 0.6) is 11.5 Å². The Morgan fingerprint density at radius 1 is 1.22 bits per heavy atom. The standard InChI is InChI=1S/C21H22N4O2/c1-14-20(16-6-8-25(14)9-7-16)24-21(26)17-2-4-18(5-3-17)27-19-10-15(11-22)12-23-13-19/h2-5,10,12-14,16,20H,6-9H2,1H3,(H,24,26)/t14-,20-/m0/s1. The summed E-state index contributed by atoms with van der Waals surface area (Å²) in [5, 5.41) is 12.2. The lowest BCUT2D eigenvalue weighted by atomic mass is 9.79. The van der Waals surface area contributed by atoms with Gasteiger partial charge < -0.3 is 10.1 Å². The predicted octanol–water partition coefficient (Wildman–Crippen LogP) is 2.96. The molecule has 138 valence electrons. The van der Waals surface area contributed by atoms with Gasteiger partial charge in [0.05, 0.1) is 11.8 Å². The summed E-state index contributed by atoms with van der Waals surface area (Å²) in [6.07, 6.45) is 5.36. The predicted molar refractivity (Wildman–Crippen MR) is 100 cm³/mol. The number of rotatable bonds is 4.